The third-order valence-electron chi connectivity index (χ3n) is 3.57. The Kier molecular flexibility index (Phi) is 4.61. The number of hydrogen-bond donors (Lipinski definition) is 2. The van der Waals surface area contributed by atoms with Crippen LogP contribution in [0.1, 0.15) is 18.2 Å². The monoisotopic (exact) mass is 334 g/mol. The summed E-state index contributed by atoms with van der Waals surface area (Å²) in [7, 11) is 0. The van der Waals surface area contributed by atoms with E-state index in [2.05, 4.69) is 21.9 Å². The van der Waals surface area contributed by atoms with Gasteiger partial charge in [-0.2, -0.15) is 0 Å². The van der Waals surface area contributed by atoms with Crippen molar-refractivity contribution in [2.45, 2.75) is 13.3 Å². The summed E-state index contributed by atoms with van der Waals surface area (Å²) in [6.07, 6.45) is 2.11. The number of anilines is 2. The number of amides is 1. The minimum absolute atomic E-state index is 0.167. The van der Waals surface area contributed by atoms with Crippen molar-refractivity contribution in [3.8, 4) is 11.6 Å². The summed E-state index contributed by atoms with van der Waals surface area (Å²) in [4.78, 5) is 20.3. The summed E-state index contributed by atoms with van der Waals surface area (Å²) in [6.45, 7) is 5.53. The van der Waals surface area contributed by atoms with Crippen molar-refractivity contribution >= 4 is 23.0 Å². The molecule has 0 bridgehead atoms. The molecule has 0 fully saturated rings. The first kappa shape index (κ1) is 16.4. The lowest BCUT2D eigenvalue weighted by molar-refractivity contribution is -0.114. The van der Waals surface area contributed by atoms with E-state index in [1.54, 1.807) is 12.1 Å². The Morgan fingerprint density at radius 1 is 1.20 bits per heavy atom. The van der Waals surface area contributed by atoms with Crippen LogP contribution < -0.4 is 11.1 Å². The second-order valence-corrected chi connectivity index (χ2v) is 5.58. The van der Waals surface area contributed by atoms with Gasteiger partial charge in [0.2, 0.25) is 5.91 Å². The number of carbonyl (C=O) groups is 1. The second kappa shape index (κ2) is 7.00. The molecule has 126 valence electrons. The Labute approximate surface area is 145 Å². The molecule has 3 rings (SSSR count). The predicted molar refractivity (Wildman–Crippen MR) is 97.6 cm³/mol. The molecule has 0 aliphatic heterocycles. The zero-order valence-electron chi connectivity index (χ0n) is 13.8. The highest BCUT2D eigenvalue weighted by Gasteiger charge is 2.18. The van der Waals surface area contributed by atoms with E-state index in [1.165, 1.54) is 13.2 Å². The Morgan fingerprint density at radius 3 is 2.60 bits per heavy atom. The molecule has 0 aliphatic carbocycles. The van der Waals surface area contributed by atoms with E-state index in [0.717, 1.165) is 11.1 Å². The van der Waals surface area contributed by atoms with Gasteiger partial charge in [0.25, 0.3) is 0 Å². The molecule has 3 N–H and O–H groups in total. The number of nitrogens with one attached hydrogen (secondary N) is 1. The van der Waals surface area contributed by atoms with Crippen LogP contribution in [0.2, 0.25) is 0 Å². The van der Waals surface area contributed by atoms with Crippen LogP contribution >= 0.6 is 0 Å². The lowest BCUT2D eigenvalue weighted by Crippen LogP contribution is -2.14. The Hall–Kier alpha value is -3.41. The minimum atomic E-state index is -0.255. The van der Waals surface area contributed by atoms with Crippen molar-refractivity contribution < 1.29 is 9.21 Å². The van der Waals surface area contributed by atoms with Crippen molar-refractivity contribution in [1.29, 1.82) is 0 Å². The topological polar surface area (TPSA) is 94.0 Å². The molecule has 6 heteroatoms. The molecular formula is C19H18N4O2. The second-order valence-electron chi connectivity index (χ2n) is 5.58. The van der Waals surface area contributed by atoms with Crippen molar-refractivity contribution in [3.05, 3.63) is 66.6 Å². The van der Waals surface area contributed by atoms with Gasteiger partial charge in [0.1, 0.15) is 5.69 Å². The molecule has 2 heterocycles. The van der Waals surface area contributed by atoms with Gasteiger partial charge in [0, 0.05) is 6.92 Å². The van der Waals surface area contributed by atoms with Crippen LogP contribution in [0, 0.1) is 0 Å². The van der Waals surface area contributed by atoms with Crippen LogP contribution in [0.5, 0.6) is 0 Å². The highest BCUT2D eigenvalue weighted by Crippen LogP contribution is 2.30. The third kappa shape index (κ3) is 3.74. The first-order valence-corrected chi connectivity index (χ1v) is 7.75. The fourth-order valence-corrected chi connectivity index (χ4v) is 2.48. The van der Waals surface area contributed by atoms with Crippen molar-refractivity contribution in [3.63, 3.8) is 0 Å². The lowest BCUT2D eigenvalue weighted by atomic mass is 10.0. The van der Waals surface area contributed by atoms with Gasteiger partial charge >= 0.3 is 0 Å². The molecule has 6 nitrogen and oxygen atoms in total. The van der Waals surface area contributed by atoms with Gasteiger partial charge in [-0.1, -0.05) is 36.9 Å². The summed E-state index contributed by atoms with van der Waals surface area (Å²) in [5.74, 6) is 0.756. The van der Waals surface area contributed by atoms with Crippen LogP contribution in [0.4, 0.5) is 11.5 Å². The third-order valence-corrected chi connectivity index (χ3v) is 3.57. The molecule has 0 aliphatic rings. The van der Waals surface area contributed by atoms with Gasteiger partial charge in [0.05, 0.1) is 12.0 Å². The van der Waals surface area contributed by atoms with Gasteiger partial charge < -0.3 is 15.5 Å². The highest BCUT2D eigenvalue weighted by molar-refractivity contribution is 5.95. The molecule has 1 aromatic carbocycles. The first-order valence-electron chi connectivity index (χ1n) is 7.75. The molecule has 3 aromatic rings. The molecule has 0 unspecified atom stereocenters. The van der Waals surface area contributed by atoms with E-state index in [9.17, 15) is 4.79 Å². The fraction of sp³-hybridized carbons (Fsp3) is 0.105. The van der Waals surface area contributed by atoms with Crippen LogP contribution in [0.15, 0.2) is 59.7 Å². The van der Waals surface area contributed by atoms with Crippen molar-refractivity contribution in [2.24, 2.45) is 0 Å². The van der Waals surface area contributed by atoms with Gasteiger partial charge in [-0.15, -0.1) is 0 Å². The Balaban J connectivity index is 2.04. The molecule has 0 radical (unpaired) electrons. The molecule has 0 spiro atoms. The summed E-state index contributed by atoms with van der Waals surface area (Å²) in [6, 6.07) is 13.4. The average molecular weight is 334 g/mol. The standard InChI is InChI=1S/C19H18N4O2/c1-12(11-14-7-4-3-5-8-14)16-17(21-13(2)24)18(20)23-19(22-16)15-9-6-10-25-15/h3-10H,1,11H2,2H3,(H,21,24)(H2,20,22,23). The number of nitrogens with zero attached hydrogens (tertiary/aromatic N) is 2. The maximum atomic E-state index is 11.5. The van der Waals surface area contributed by atoms with E-state index >= 15 is 0 Å². The average Bonchev–Trinajstić information content (AvgIpc) is 3.11. The zero-order valence-corrected chi connectivity index (χ0v) is 13.8. The van der Waals surface area contributed by atoms with E-state index in [1.807, 2.05) is 30.3 Å². The minimum Gasteiger partial charge on any atom is -0.461 e. The zero-order chi connectivity index (χ0) is 17.8. The van der Waals surface area contributed by atoms with Crippen molar-refractivity contribution in [1.82, 2.24) is 9.97 Å². The van der Waals surface area contributed by atoms with E-state index in [4.69, 9.17) is 10.2 Å². The van der Waals surface area contributed by atoms with Gasteiger partial charge in [-0.05, 0) is 29.7 Å². The quantitative estimate of drug-likeness (QED) is 0.744. The van der Waals surface area contributed by atoms with Gasteiger partial charge in [-0.25, -0.2) is 9.97 Å². The SMILES string of the molecule is C=C(Cc1ccccc1)c1nc(-c2ccco2)nc(N)c1NC(C)=O. The number of furan rings is 1. The van der Waals surface area contributed by atoms with Crippen LogP contribution in [0.3, 0.4) is 0 Å². The number of hydrogen-bond acceptors (Lipinski definition) is 5. The van der Waals surface area contributed by atoms with E-state index in [0.29, 0.717) is 29.4 Å². The molecule has 0 saturated carbocycles. The smallest absolute Gasteiger partial charge is 0.221 e. The highest BCUT2D eigenvalue weighted by atomic mass is 16.3. The number of aromatic nitrogens is 2. The van der Waals surface area contributed by atoms with Gasteiger partial charge in [-0.3, -0.25) is 4.79 Å². The molecular weight excluding hydrogens is 316 g/mol. The summed E-state index contributed by atoms with van der Waals surface area (Å²) in [5, 5.41) is 2.70. The van der Waals surface area contributed by atoms with Crippen LogP contribution in [0.25, 0.3) is 17.2 Å². The lowest BCUT2D eigenvalue weighted by Gasteiger charge is -2.14. The number of nitrogen functional groups attached to an aromatic ring is 1. The number of benzene rings is 1. The number of nitrogens with two attached hydrogens (primary N) is 1. The molecule has 25 heavy (non-hydrogen) atoms. The molecule has 0 atom stereocenters. The van der Waals surface area contributed by atoms with Crippen LogP contribution in [-0.2, 0) is 11.2 Å². The Morgan fingerprint density at radius 2 is 1.96 bits per heavy atom. The number of carbonyl (C=O) groups excluding carboxylic acids is 1. The maximum Gasteiger partial charge on any atom is 0.221 e. The van der Waals surface area contributed by atoms with Crippen LogP contribution in [-0.4, -0.2) is 15.9 Å². The number of allylic oxidation sites excluding steroid dienone is 1. The van der Waals surface area contributed by atoms with Gasteiger partial charge in [0.15, 0.2) is 17.4 Å². The largest absolute Gasteiger partial charge is 0.461 e. The molecule has 0 saturated heterocycles. The fourth-order valence-electron chi connectivity index (χ4n) is 2.48. The van der Waals surface area contributed by atoms with E-state index < -0.39 is 0 Å². The first-order chi connectivity index (χ1) is 12.0. The maximum absolute atomic E-state index is 11.5. The predicted octanol–water partition coefficient (Wildman–Crippen LogP) is 3.53. The summed E-state index contributed by atoms with van der Waals surface area (Å²) < 4.78 is 5.35. The van der Waals surface area contributed by atoms with Crippen molar-refractivity contribution in [2.75, 3.05) is 11.1 Å². The number of rotatable bonds is 5. The summed E-state index contributed by atoms with van der Waals surface area (Å²) in [5.41, 5.74) is 8.72. The summed E-state index contributed by atoms with van der Waals surface area (Å²) >= 11 is 0. The normalized spacial score (nSPS) is 10.4. The molecule has 2 aromatic heterocycles. The molecule has 1 amide bonds. The Bertz CT molecular complexity index is 903. The van der Waals surface area contributed by atoms with E-state index in [-0.39, 0.29) is 11.7 Å².